The molecule has 1 amide bonds. The maximum atomic E-state index is 13.7. The molecule has 2 aromatic carbocycles. The van der Waals surface area contributed by atoms with E-state index in [2.05, 4.69) is 6.92 Å². The second-order valence-corrected chi connectivity index (χ2v) is 7.82. The highest BCUT2D eigenvalue weighted by atomic mass is 32.2. The standard InChI is InChI=1S/C19H21F3N2O4S/c1-2-3-4-5-12-28-14-8-6-13(7-9-14)19(25)23-24-29(26,27)16-11-10-15(20)17(21)18(16)22/h6-11,24H,2-5,12H2,1H3,(H,23,25). The molecule has 0 aliphatic carbocycles. The first-order valence-electron chi connectivity index (χ1n) is 8.94. The summed E-state index contributed by atoms with van der Waals surface area (Å²) in [4.78, 5) is 12.6. The van der Waals surface area contributed by atoms with Crippen LogP contribution in [0.2, 0.25) is 0 Å². The highest BCUT2D eigenvalue weighted by Crippen LogP contribution is 2.19. The number of benzene rings is 2. The van der Waals surface area contributed by atoms with E-state index in [0.717, 1.165) is 25.7 Å². The Labute approximate surface area is 167 Å². The molecule has 0 aliphatic heterocycles. The zero-order valence-electron chi connectivity index (χ0n) is 15.7. The zero-order chi connectivity index (χ0) is 21.4. The molecule has 0 fully saturated rings. The average Bonchev–Trinajstić information content (AvgIpc) is 2.70. The SMILES string of the molecule is CCCCCCOc1ccc(C(=O)NNS(=O)(=O)c2ccc(F)c(F)c2F)cc1. The van der Waals surface area contributed by atoms with Crippen molar-refractivity contribution in [3.8, 4) is 5.75 Å². The van der Waals surface area contributed by atoms with E-state index in [1.165, 1.54) is 12.1 Å². The second kappa shape index (κ2) is 10.3. The fourth-order valence-corrected chi connectivity index (χ4v) is 3.29. The lowest BCUT2D eigenvalue weighted by molar-refractivity contribution is 0.0945. The molecule has 0 heterocycles. The van der Waals surface area contributed by atoms with Crippen LogP contribution < -0.4 is 15.0 Å². The molecule has 0 aliphatic rings. The minimum absolute atomic E-state index is 0.108. The van der Waals surface area contributed by atoms with Crippen molar-refractivity contribution in [3.63, 3.8) is 0 Å². The minimum Gasteiger partial charge on any atom is -0.494 e. The van der Waals surface area contributed by atoms with Gasteiger partial charge in [0, 0.05) is 5.56 Å². The van der Waals surface area contributed by atoms with Crippen molar-refractivity contribution >= 4 is 15.9 Å². The predicted molar refractivity (Wildman–Crippen MR) is 100 cm³/mol. The molecule has 0 aromatic heterocycles. The number of nitrogens with one attached hydrogen (secondary N) is 2. The number of sulfonamides is 1. The van der Waals surface area contributed by atoms with E-state index in [4.69, 9.17) is 4.74 Å². The molecule has 29 heavy (non-hydrogen) atoms. The maximum Gasteiger partial charge on any atom is 0.266 e. The molecular formula is C19H21F3N2O4S. The molecule has 0 saturated heterocycles. The number of ether oxygens (including phenoxy) is 1. The number of hydrogen-bond donors (Lipinski definition) is 2. The van der Waals surface area contributed by atoms with Crippen LogP contribution in [0.15, 0.2) is 41.3 Å². The average molecular weight is 430 g/mol. The second-order valence-electron chi connectivity index (χ2n) is 6.17. The van der Waals surface area contributed by atoms with E-state index in [-0.39, 0.29) is 5.56 Å². The van der Waals surface area contributed by atoms with E-state index in [1.54, 1.807) is 17.0 Å². The van der Waals surface area contributed by atoms with Gasteiger partial charge in [-0.3, -0.25) is 10.2 Å². The predicted octanol–water partition coefficient (Wildman–Crippen LogP) is 3.69. The van der Waals surface area contributed by atoms with Crippen LogP contribution >= 0.6 is 0 Å². The van der Waals surface area contributed by atoms with Gasteiger partial charge in [0.15, 0.2) is 17.5 Å². The summed E-state index contributed by atoms with van der Waals surface area (Å²) in [6.45, 7) is 2.66. The van der Waals surface area contributed by atoms with Gasteiger partial charge in [-0.2, -0.15) is 0 Å². The van der Waals surface area contributed by atoms with Gasteiger partial charge in [-0.25, -0.2) is 21.6 Å². The summed E-state index contributed by atoms with van der Waals surface area (Å²) in [5, 5.41) is 0. The van der Waals surface area contributed by atoms with Crippen LogP contribution in [0, 0.1) is 17.5 Å². The Morgan fingerprint density at radius 1 is 0.966 bits per heavy atom. The van der Waals surface area contributed by atoms with E-state index >= 15 is 0 Å². The number of halogens is 3. The Bertz CT molecular complexity index is 951. The molecule has 2 N–H and O–H groups in total. The topological polar surface area (TPSA) is 84.5 Å². The quantitative estimate of drug-likeness (QED) is 0.342. The van der Waals surface area contributed by atoms with Crippen molar-refractivity contribution < 1.29 is 31.1 Å². The Morgan fingerprint density at radius 2 is 1.66 bits per heavy atom. The Hall–Kier alpha value is -2.59. The number of carbonyl (C=O) groups excluding carboxylic acids is 1. The molecule has 2 rings (SSSR count). The van der Waals surface area contributed by atoms with E-state index < -0.39 is 38.3 Å². The molecule has 158 valence electrons. The molecule has 2 aromatic rings. The largest absolute Gasteiger partial charge is 0.494 e. The van der Waals surface area contributed by atoms with Crippen LogP contribution in [0.25, 0.3) is 0 Å². The fourth-order valence-electron chi connectivity index (χ4n) is 2.38. The summed E-state index contributed by atoms with van der Waals surface area (Å²) < 4.78 is 69.4. The molecule has 0 spiro atoms. The Morgan fingerprint density at radius 3 is 2.31 bits per heavy atom. The van der Waals surface area contributed by atoms with Gasteiger partial charge in [0.25, 0.3) is 15.9 Å². The number of carbonyl (C=O) groups is 1. The number of hydrazine groups is 1. The smallest absolute Gasteiger partial charge is 0.266 e. The third-order valence-electron chi connectivity index (χ3n) is 3.97. The minimum atomic E-state index is -4.65. The zero-order valence-corrected chi connectivity index (χ0v) is 16.5. The van der Waals surface area contributed by atoms with Crippen LogP contribution in [-0.2, 0) is 10.0 Å². The molecule has 0 unspecified atom stereocenters. The highest BCUT2D eigenvalue weighted by molar-refractivity contribution is 7.89. The molecule has 0 radical (unpaired) electrons. The van der Waals surface area contributed by atoms with E-state index in [9.17, 15) is 26.4 Å². The highest BCUT2D eigenvalue weighted by Gasteiger charge is 2.24. The van der Waals surface area contributed by atoms with Gasteiger partial charge in [-0.1, -0.05) is 26.2 Å². The Kier molecular flexibility index (Phi) is 8.03. The van der Waals surface area contributed by atoms with Gasteiger partial charge >= 0.3 is 0 Å². The first-order chi connectivity index (χ1) is 13.8. The molecule has 10 heteroatoms. The molecule has 0 saturated carbocycles. The lowest BCUT2D eigenvalue weighted by atomic mass is 10.2. The molecule has 0 atom stereocenters. The van der Waals surface area contributed by atoms with Gasteiger partial charge in [0.2, 0.25) is 0 Å². The number of unbranched alkanes of at least 4 members (excludes halogenated alkanes) is 3. The van der Waals surface area contributed by atoms with E-state index in [0.29, 0.717) is 24.5 Å². The Balaban J connectivity index is 1.94. The van der Waals surface area contributed by atoms with Crippen molar-refractivity contribution in [2.24, 2.45) is 0 Å². The summed E-state index contributed by atoms with van der Waals surface area (Å²) in [5.41, 5.74) is 1.99. The normalized spacial score (nSPS) is 11.3. The van der Waals surface area contributed by atoms with Crippen LogP contribution in [0.3, 0.4) is 0 Å². The summed E-state index contributed by atoms with van der Waals surface area (Å²) in [5.74, 6) is -5.61. The number of amides is 1. The van der Waals surface area contributed by atoms with Gasteiger partial charge in [0.1, 0.15) is 10.6 Å². The van der Waals surface area contributed by atoms with Gasteiger partial charge < -0.3 is 4.74 Å². The maximum absolute atomic E-state index is 13.7. The first kappa shape index (κ1) is 22.7. The third-order valence-corrected chi connectivity index (χ3v) is 5.24. The van der Waals surface area contributed by atoms with Crippen molar-refractivity contribution in [2.45, 2.75) is 37.5 Å². The molecule has 0 bridgehead atoms. The van der Waals surface area contributed by atoms with Crippen LogP contribution in [-0.4, -0.2) is 20.9 Å². The van der Waals surface area contributed by atoms with Crippen LogP contribution in [0.1, 0.15) is 43.0 Å². The van der Waals surface area contributed by atoms with Gasteiger partial charge in [0.05, 0.1) is 6.61 Å². The monoisotopic (exact) mass is 430 g/mol. The van der Waals surface area contributed by atoms with Crippen molar-refractivity contribution in [1.82, 2.24) is 10.3 Å². The van der Waals surface area contributed by atoms with Crippen molar-refractivity contribution in [1.29, 1.82) is 0 Å². The van der Waals surface area contributed by atoms with Crippen molar-refractivity contribution in [2.75, 3.05) is 6.61 Å². The van der Waals surface area contributed by atoms with Crippen LogP contribution in [0.5, 0.6) is 5.75 Å². The summed E-state index contributed by atoms with van der Waals surface area (Å²) in [7, 11) is -4.65. The lowest BCUT2D eigenvalue weighted by Gasteiger charge is -2.10. The lowest BCUT2D eigenvalue weighted by Crippen LogP contribution is -2.41. The molecular weight excluding hydrogens is 409 g/mol. The van der Waals surface area contributed by atoms with Crippen LogP contribution in [0.4, 0.5) is 13.2 Å². The number of rotatable bonds is 10. The molecule has 6 nitrogen and oxygen atoms in total. The third kappa shape index (κ3) is 6.20. The van der Waals surface area contributed by atoms with E-state index in [1.807, 2.05) is 5.43 Å². The summed E-state index contributed by atoms with van der Waals surface area (Å²) in [6.07, 6.45) is 4.23. The summed E-state index contributed by atoms with van der Waals surface area (Å²) >= 11 is 0. The fraction of sp³-hybridized carbons (Fsp3) is 0.316. The number of hydrogen-bond acceptors (Lipinski definition) is 4. The summed E-state index contributed by atoms with van der Waals surface area (Å²) in [6, 6.07) is 6.97. The van der Waals surface area contributed by atoms with Gasteiger partial charge in [-0.05, 0) is 42.8 Å². The van der Waals surface area contributed by atoms with Gasteiger partial charge in [-0.15, -0.1) is 4.83 Å². The van der Waals surface area contributed by atoms with Crippen molar-refractivity contribution in [3.05, 3.63) is 59.4 Å². The first-order valence-corrected chi connectivity index (χ1v) is 10.4.